The van der Waals surface area contributed by atoms with Crippen molar-refractivity contribution in [2.45, 2.75) is 19.0 Å². The van der Waals surface area contributed by atoms with Gasteiger partial charge in [0.05, 0.1) is 6.67 Å². The normalized spacial score (nSPS) is 13.9. The smallest absolute Gasteiger partial charge is 0.104 e. The van der Waals surface area contributed by atoms with Gasteiger partial charge in [-0.3, -0.25) is 4.39 Å². The largest absolute Gasteiger partial charge is 0.330 e. The summed E-state index contributed by atoms with van der Waals surface area (Å²) in [6.07, 6.45) is -0.758. The van der Waals surface area contributed by atoms with Gasteiger partial charge in [-0.2, -0.15) is 0 Å². The summed E-state index contributed by atoms with van der Waals surface area (Å²) in [4.78, 5) is 0. The van der Waals surface area contributed by atoms with Gasteiger partial charge < -0.3 is 5.73 Å². The fourth-order valence-corrected chi connectivity index (χ4v) is 0.444. The zero-order valence-electron chi connectivity index (χ0n) is 4.74. The molecule has 2 N–H and O–H groups in total. The fourth-order valence-electron chi connectivity index (χ4n) is 0.444. The standard InChI is InChI=1S/C5H11F2N/c6-3-1-5(7)2-4-8/h5H,1-4,8H2. The minimum atomic E-state index is -1.04. The number of hydrogen-bond donors (Lipinski definition) is 1. The Morgan fingerprint density at radius 1 is 1.38 bits per heavy atom. The van der Waals surface area contributed by atoms with Gasteiger partial charge >= 0.3 is 0 Å². The summed E-state index contributed by atoms with van der Waals surface area (Å²) in [6.45, 7) is -0.275. The van der Waals surface area contributed by atoms with Gasteiger partial charge in [-0.25, -0.2) is 4.39 Å². The molecule has 0 amide bonds. The number of hydrogen-bond acceptors (Lipinski definition) is 1. The molecule has 1 atom stereocenters. The van der Waals surface area contributed by atoms with Gasteiger partial charge in [-0.15, -0.1) is 0 Å². The molecular formula is C5H11F2N. The lowest BCUT2D eigenvalue weighted by Gasteiger charge is -2.00. The number of halogens is 2. The van der Waals surface area contributed by atoms with Crippen LogP contribution >= 0.6 is 0 Å². The summed E-state index contributed by atoms with van der Waals surface area (Å²) in [5.74, 6) is 0. The van der Waals surface area contributed by atoms with E-state index in [0.717, 1.165) is 0 Å². The average molecular weight is 123 g/mol. The van der Waals surface area contributed by atoms with Crippen LogP contribution in [0, 0.1) is 0 Å². The average Bonchev–Trinajstić information content (AvgIpc) is 1.68. The summed E-state index contributed by atoms with van der Waals surface area (Å²) in [5.41, 5.74) is 5.00. The molecule has 0 bridgehead atoms. The zero-order chi connectivity index (χ0) is 6.41. The van der Waals surface area contributed by atoms with Gasteiger partial charge in [0, 0.05) is 6.42 Å². The van der Waals surface area contributed by atoms with E-state index in [0.29, 0.717) is 6.54 Å². The van der Waals surface area contributed by atoms with E-state index in [4.69, 9.17) is 5.73 Å². The van der Waals surface area contributed by atoms with Gasteiger partial charge in [0.15, 0.2) is 0 Å². The third-order valence-corrected chi connectivity index (χ3v) is 0.902. The van der Waals surface area contributed by atoms with Crippen molar-refractivity contribution < 1.29 is 8.78 Å². The predicted octanol–water partition coefficient (Wildman–Crippen LogP) is 1.03. The molecule has 0 aromatic heterocycles. The number of alkyl halides is 2. The first-order valence-electron chi connectivity index (χ1n) is 2.71. The quantitative estimate of drug-likeness (QED) is 0.593. The molecule has 0 spiro atoms. The van der Waals surface area contributed by atoms with Crippen LogP contribution < -0.4 is 5.73 Å². The molecule has 0 aliphatic rings. The van der Waals surface area contributed by atoms with Crippen molar-refractivity contribution in [2.75, 3.05) is 13.2 Å². The van der Waals surface area contributed by atoms with Gasteiger partial charge in [0.25, 0.3) is 0 Å². The Bertz CT molecular complexity index is 43.7. The molecule has 3 heteroatoms. The first kappa shape index (κ1) is 7.82. The van der Waals surface area contributed by atoms with E-state index in [2.05, 4.69) is 0 Å². The maximum atomic E-state index is 12.1. The first-order chi connectivity index (χ1) is 3.81. The summed E-state index contributed by atoms with van der Waals surface area (Å²) in [7, 11) is 0. The van der Waals surface area contributed by atoms with E-state index in [1.165, 1.54) is 0 Å². The van der Waals surface area contributed by atoms with Crippen LogP contribution in [0.3, 0.4) is 0 Å². The summed E-state index contributed by atoms with van der Waals surface area (Å²) >= 11 is 0. The minimum Gasteiger partial charge on any atom is -0.330 e. The monoisotopic (exact) mass is 123 g/mol. The van der Waals surface area contributed by atoms with Gasteiger partial charge in [-0.05, 0) is 13.0 Å². The Morgan fingerprint density at radius 2 is 2.00 bits per heavy atom. The zero-order valence-corrected chi connectivity index (χ0v) is 4.74. The van der Waals surface area contributed by atoms with Crippen molar-refractivity contribution in [3.63, 3.8) is 0 Å². The highest BCUT2D eigenvalue weighted by Crippen LogP contribution is 2.01. The van der Waals surface area contributed by atoms with Gasteiger partial charge in [-0.1, -0.05) is 0 Å². The lowest BCUT2D eigenvalue weighted by Crippen LogP contribution is -2.09. The van der Waals surface area contributed by atoms with E-state index in [1.807, 2.05) is 0 Å². The van der Waals surface area contributed by atoms with Crippen LogP contribution in [0.1, 0.15) is 12.8 Å². The van der Waals surface area contributed by atoms with Gasteiger partial charge in [0.2, 0.25) is 0 Å². The molecule has 0 aliphatic carbocycles. The Balaban J connectivity index is 2.92. The summed E-state index contributed by atoms with van der Waals surface area (Å²) < 4.78 is 23.4. The summed E-state index contributed by atoms with van der Waals surface area (Å²) in [5, 5.41) is 0. The topological polar surface area (TPSA) is 26.0 Å². The third kappa shape index (κ3) is 3.99. The molecule has 0 radical (unpaired) electrons. The molecule has 0 aromatic rings. The van der Waals surface area contributed by atoms with E-state index in [9.17, 15) is 8.78 Å². The second-order valence-corrected chi connectivity index (χ2v) is 1.65. The fraction of sp³-hybridized carbons (Fsp3) is 1.00. The molecule has 0 aliphatic heterocycles. The third-order valence-electron chi connectivity index (χ3n) is 0.902. The van der Waals surface area contributed by atoms with Crippen molar-refractivity contribution in [3.8, 4) is 0 Å². The SMILES string of the molecule is NCCC(F)CCF. The highest BCUT2D eigenvalue weighted by Gasteiger charge is 2.02. The first-order valence-corrected chi connectivity index (χ1v) is 2.71. The molecule has 0 heterocycles. The number of nitrogens with two attached hydrogens (primary N) is 1. The second-order valence-electron chi connectivity index (χ2n) is 1.65. The Hall–Kier alpha value is -0.180. The van der Waals surface area contributed by atoms with E-state index < -0.39 is 12.8 Å². The van der Waals surface area contributed by atoms with E-state index in [1.54, 1.807) is 0 Å². The molecule has 0 rings (SSSR count). The maximum absolute atomic E-state index is 12.1. The lowest BCUT2D eigenvalue weighted by molar-refractivity contribution is 0.272. The molecule has 8 heavy (non-hydrogen) atoms. The second kappa shape index (κ2) is 4.97. The Labute approximate surface area is 47.9 Å². The highest BCUT2D eigenvalue weighted by molar-refractivity contribution is 4.54. The predicted molar refractivity (Wildman–Crippen MR) is 29.2 cm³/mol. The van der Waals surface area contributed by atoms with E-state index in [-0.39, 0.29) is 12.8 Å². The van der Waals surface area contributed by atoms with Crippen molar-refractivity contribution in [1.29, 1.82) is 0 Å². The van der Waals surface area contributed by atoms with Crippen molar-refractivity contribution >= 4 is 0 Å². The van der Waals surface area contributed by atoms with Crippen LogP contribution in [0.4, 0.5) is 8.78 Å². The molecule has 0 fully saturated rings. The molecule has 1 unspecified atom stereocenters. The highest BCUT2D eigenvalue weighted by atomic mass is 19.1. The number of rotatable bonds is 4. The van der Waals surface area contributed by atoms with Crippen LogP contribution in [0.5, 0.6) is 0 Å². The minimum absolute atomic E-state index is 0.00278. The van der Waals surface area contributed by atoms with Crippen LogP contribution in [-0.4, -0.2) is 19.4 Å². The molecule has 0 saturated carbocycles. The molecular weight excluding hydrogens is 112 g/mol. The van der Waals surface area contributed by atoms with Crippen LogP contribution in [0.25, 0.3) is 0 Å². The lowest BCUT2D eigenvalue weighted by atomic mass is 10.2. The molecule has 0 saturated heterocycles. The Morgan fingerprint density at radius 3 is 2.38 bits per heavy atom. The van der Waals surface area contributed by atoms with Crippen LogP contribution in [0.15, 0.2) is 0 Å². The van der Waals surface area contributed by atoms with Crippen molar-refractivity contribution in [1.82, 2.24) is 0 Å². The maximum Gasteiger partial charge on any atom is 0.104 e. The molecule has 1 nitrogen and oxygen atoms in total. The van der Waals surface area contributed by atoms with Crippen LogP contribution in [0.2, 0.25) is 0 Å². The molecule has 0 aromatic carbocycles. The van der Waals surface area contributed by atoms with Crippen LogP contribution in [-0.2, 0) is 0 Å². The molecule has 50 valence electrons. The Kier molecular flexibility index (Phi) is 4.85. The van der Waals surface area contributed by atoms with Crippen molar-refractivity contribution in [2.24, 2.45) is 5.73 Å². The van der Waals surface area contributed by atoms with Crippen molar-refractivity contribution in [3.05, 3.63) is 0 Å². The van der Waals surface area contributed by atoms with Gasteiger partial charge in [0.1, 0.15) is 6.17 Å². The van der Waals surface area contributed by atoms with E-state index >= 15 is 0 Å². The summed E-state index contributed by atoms with van der Waals surface area (Å²) in [6, 6.07) is 0.